The summed E-state index contributed by atoms with van der Waals surface area (Å²) in [7, 11) is 1.33. The third kappa shape index (κ3) is 3.42. The number of hydrogen-bond acceptors (Lipinski definition) is 3. The topological polar surface area (TPSA) is 35.5 Å². The van der Waals surface area contributed by atoms with Gasteiger partial charge in [0.2, 0.25) is 0 Å². The number of ketones is 1. The van der Waals surface area contributed by atoms with Crippen LogP contribution in [-0.2, 0) is 11.3 Å². The summed E-state index contributed by atoms with van der Waals surface area (Å²) in [6.45, 7) is 0.221. The van der Waals surface area contributed by atoms with Crippen LogP contribution in [0.25, 0.3) is 0 Å². The van der Waals surface area contributed by atoms with Gasteiger partial charge >= 0.3 is 0 Å². The Hall–Kier alpha value is -2.20. The average Bonchev–Trinajstić information content (AvgIpc) is 2.48. The monoisotopic (exact) mass is 274 g/mol. The summed E-state index contributed by atoms with van der Waals surface area (Å²) < 4.78 is 23.7. The van der Waals surface area contributed by atoms with Crippen molar-refractivity contribution in [3.8, 4) is 5.75 Å². The first kappa shape index (κ1) is 14.2. The number of rotatable bonds is 6. The van der Waals surface area contributed by atoms with Gasteiger partial charge in [-0.1, -0.05) is 36.4 Å². The number of halogens is 1. The van der Waals surface area contributed by atoms with E-state index in [9.17, 15) is 9.18 Å². The Morgan fingerprint density at radius 2 is 1.85 bits per heavy atom. The standard InChI is InChI=1S/C16H15FO3/c1-19-16-13(8-5-9-14(16)17)15(18)11-20-10-12-6-3-2-4-7-12/h2-9H,10-11H2,1H3. The number of carbonyl (C=O) groups excluding carboxylic acids is 1. The van der Waals surface area contributed by atoms with Gasteiger partial charge in [0.05, 0.1) is 19.3 Å². The van der Waals surface area contributed by atoms with Crippen LogP contribution in [0.15, 0.2) is 48.5 Å². The molecule has 0 fully saturated rings. The summed E-state index contributed by atoms with van der Waals surface area (Å²) in [6, 6.07) is 13.8. The number of benzene rings is 2. The van der Waals surface area contributed by atoms with Gasteiger partial charge in [0, 0.05) is 0 Å². The normalized spacial score (nSPS) is 10.3. The molecule has 0 bridgehead atoms. The highest BCUT2D eigenvalue weighted by atomic mass is 19.1. The molecule has 0 spiro atoms. The third-order valence-electron chi connectivity index (χ3n) is 2.82. The number of ether oxygens (including phenoxy) is 2. The lowest BCUT2D eigenvalue weighted by atomic mass is 10.1. The molecule has 20 heavy (non-hydrogen) atoms. The highest BCUT2D eigenvalue weighted by Crippen LogP contribution is 2.22. The van der Waals surface area contributed by atoms with Crippen molar-refractivity contribution in [2.75, 3.05) is 13.7 Å². The predicted molar refractivity (Wildman–Crippen MR) is 73.4 cm³/mol. The van der Waals surface area contributed by atoms with Gasteiger partial charge in [-0.15, -0.1) is 0 Å². The molecule has 0 saturated carbocycles. The van der Waals surface area contributed by atoms with Gasteiger partial charge in [-0.25, -0.2) is 4.39 Å². The number of para-hydroxylation sites is 1. The highest BCUT2D eigenvalue weighted by molar-refractivity contribution is 5.99. The molecule has 0 aromatic heterocycles. The fourth-order valence-electron chi connectivity index (χ4n) is 1.85. The van der Waals surface area contributed by atoms with Crippen molar-refractivity contribution >= 4 is 5.78 Å². The zero-order valence-corrected chi connectivity index (χ0v) is 11.1. The van der Waals surface area contributed by atoms with Crippen molar-refractivity contribution < 1.29 is 18.7 Å². The molecule has 0 unspecified atom stereocenters. The molecule has 0 aliphatic rings. The average molecular weight is 274 g/mol. The Labute approximate surface area is 117 Å². The predicted octanol–water partition coefficient (Wildman–Crippen LogP) is 3.23. The smallest absolute Gasteiger partial charge is 0.192 e. The Morgan fingerprint density at radius 1 is 1.10 bits per heavy atom. The van der Waals surface area contributed by atoms with Crippen LogP contribution in [0.5, 0.6) is 5.75 Å². The molecule has 0 amide bonds. The minimum atomic E-state index is -0.554. The zero-order chi connectivity index (χ0) is 14.4. The van der Waals surface area contributed by atoms with Crippen molar-refractivity contribution in [2.45, 2.75) is 6.61 Å². The van der Waals surface area contributed by atoms with Gasteiger partial charge in [0.15, 0.2) is 17.3 Å². The number of methoxy groups -OCH3 is 1. The van der Waals surface area contributed by atoms with E-state index in [-0.39, 0.29) is 23.7 Å². The van der Waals surface area contributed by atoms with Gasteiger partial charge < -0.3 is 9.47 Å². The summed E-state index contributed by atoms with van der Waals surface area (Å²) in [5.74, 6) is -0.903. The van der Waals surface area contributed by atoms with Crippen LogP contribution in [0.3, 0.4) is 0 Å². The maximum absolute atomic E-state index is 13.5. The second-order valence-electron chi connectivity index (χ2n) is 4.22. The third-order valence-corrected chi connectivity index (χ3v) is 2.82. The quantitative estimate of drug-likeness (QED) is 0.759. The van der Waals surface area contributed by atoms with E-state index >= 15 is 0 Å². The summed E-state index contributed by atoms with van der Waals surface area (Å²) in [6.07, 6.45) is 0. The van der Waals surface area contributed by atoms with E-state index < -0.39 is 5.82 Å². The van der Waals surface area contributed by atoms with Crippen LogP contribution in [0.2, 0.25) is 0 Å². The minimum absolute atomic E-state index is 0.0409. The largest absolute Gasteiger partial charge is 0.493 e. The molecule has 0 aliphatic carbocycles. The maximum atomic E-state index is 13.5. The lowest BCUT2D eigenvalue weighted by Crippen LogP contribution is -2.11. The van der Waals surface area contributed by atoms with Crippen LogP contribution < -0.4 is 4.74 Å². The lowest BCUT2D eigenvalue weighted by Gasteiger charge is -2.09. The minimum Gasteiger partial charge on any atom is -0.493 e. The van der Waals surface area contributed by atoms with E-state index in [0.717, 1.165) is 5.56 Å². The van der Waals surface area contributed by atoms with Crippen molar-refractivity contribution in [2.24, 2.45) is 0 Å². The molecule has 0 aliphatic heterocycles. The van der Waals surface area contributed by atoms with E-state index in [1.54, 1.807) is 0 Å². The molecule has 3 nitrogen and oxygen atoms in total. The zero-order valence-electron chi connectivity index (χ0n) is 11.1. The highest BCUT2D eigenvalue weighted by Gasteiger charge is 2.15. The molecular formula is C16H15FO3. The number of hydrogen-bond donors (Lipinski definition) is 0. The second-order valence-corrected chi connectivity index (χ2v) is 4.22. The van der Waals surface area contributed by atoms with E-state index in [2.05, 4.69) is 0 Å². The van der Waals surface area contributed by atoms with E-state index in [4.69, 9.17) is 9.47 Å². The van der Waals surface area contributed by atoms with Crippen molar-refractivity contribution in [1.82, 2.24) is 0 Å². The SMILES string of the molecule is COc1c(F)cccc1C(=O)COCc1ccccc1. The summed E-state index contributed by atoms with van der Waals surface area (Å²) >= 11 is 0. The van der Waals surface area contributed by atoms with Crippen LogP contribution in [0.4, 0.5) is 4.39 Å². The fraction of sp³-hybridized carbons (Fsp3) is 0.188. The van der Waals surface area contributed by atoms with Crippen LogP contribution in [-0.4, -0.2) is 19.5 Å². The molecule has 2 aromatic rings. The summed E-state index contributed by atoms with van der Waals surface area (Å²) in [5, 5.41) is 0. The van der Waals surface area contributed by atoms with Crippen LogP contribution in [0.1, 0.15) is 15.9 Å². The first-order valence-electron chi connectivity index (χ1n) is 6.19. The van der Waals surface area contributed by atoms with Crippen LogP contribution in [0, 0.1) is 5.82 Å². The van der Waals surface area contributed by atoms with E-state index in [0.29, 0.717) is 6.61 Å². The molecule has 0 saturated heterocycles. The maximum Gasteiger partial charge on any atom is 0.192 e. The van der Waals surface area contributed by atoms with E-state index in [1.165, 1.54) is 25.3 Å². The lowest BCUT2D eigenvalue weighted by molar-refractivity contribution is 0.0723. The van der Waals surface area contributed by atoms with Crippen LogP contribution >= 0.6 is 0 Å². The number of Topliss-reactive ketones (excluding diaryl/α,β-unsaturated/α-hetero) is 1. The Bertz CT molecular complexity index is 582. The summed E-state index contributed by atoms with van der Waals surface area (Å²) in [5.41, 5.74) is 1.17. The molecule has 0 heterocycles. The Morgan fingerprint density at radius 3 is 2.55 bits per heavy atom. The molecular weight excluding hydrogens is 259 g/mol. The van der Waals surface area contributed by atoms with Gasteiger partial charge in [0.25, 0.3) is 0 Å². The first-order valence-corrected chi connectivity index (χ1v) is 6.19. The molecule has 2 rings (SSSR count). The summed E-state index contributed by atoms with van der Waals surface area (Å²) in [4.78, 5) is 12.0. The van der Waals surface area contributed by atoms with Gasteiger partial charge in [-0.2, -0.15) is 0 Å². The van der Waals surface area contributed by atoms with Gasteiger partial charge in [0.1, 0.15) is 6.61 Å². The molecule has 0 radical (unpaired) electrons. The fourth-order valence-corrected chi connectivity index (χ4v) is 1.85. The first-order chi connectivity index (χ1) is 9.72. The second kappa shape index (κ2) is 6.82. The van der Waals surface area contributed by atoms with Gasteiger partial charge in [-0.05, 0) is 17.7 Å². The molecule has 0 atom stereocenters. The molecule has 104 valence electrons. The Kier molecular flexibility index (Phi) is 4.85. The molecule has 4 heteroatoms. The number of carbonyl (C=O) groups is 1. The van der Waals surface area contributed by atoms with Crippen molar-refractivity contribution in [3.63, 3.8) is 0 Å². The molecule has 2 aromatic carbocycles. The molecule has 0 N–H and O–H groups in total. The van der Waals surface area contributed by atoms with Crippen molar-refractivity contribution in [1.29, 1.82) is 0 Å². The van der Waals surface area contributed by atoms with E-state index in [1.807, 2.05) is 30.3 Å². The van der Waals surface area contributed by atoms with Gasteiger partial charge in [-0.3, -0.25) is 4.79 Å². The van der Waals surface area contributed by atoms with Crippen molar-refractivity contribution in [3.05, 3.63) is 65.5 Å². The Balaban J connectivity index is 1.97.